The Bertz CT molecular complexity index is 431. The minimum Gasteiger partial charge on any atom is -0.464 e. The lowest BCUT2D eigenvalue weighted by Gasteiger charge is -2.25. The summed E-state index contributed by atoms with van der Waals surface area (Å²) in [6, 6.07) is 7.85. The molecule has 0 fully saturated rings. The first kappa shape index (κ1) is 15.0. The molecule has 0 aliphatic carbocycles. The average molecular weight is 275 g/mol. The summed E-state index contributed by atoms with van der Waals surface area (Å²) in [7, 11) is 0. The van der Waals surface area contributed by atoms with E-state index in [1.807, 2.05) is 18.2 Å². The fraction of sp³-hybridized carbons (Fsp3) is 0.588. The highest BCUT2D eigenvalue weighted by molar-refractivity contribution is 5.78. The zero-order valence-electron chi connectivity index (χ0n) is 12.4. The summed E-state index contributed by atoms with van der Waals surface area (Å²) in [5.74, 6) is -0.132. The van der Waals surface area contributed by atoms with Crippen LogP contribution in [-0.4, -0.2) is 19.1 Å². The number of hydrogen-bond acceptors (Lipinski definition) is 3. The van der Waals surface area contributed by atoms with Crippen molar-refractivity contribution in [1.82, 2.24) is 5.32 Å². The smallest absolute Gasteiger partial charge is 0.327 e. The molecule has 110 valence electrons. The number of carbonyl (C=O) groups excluding carboxylic acids is 1. The Balaban J connectivity index is 1.79. The standard InChI is InChI=1S/C17H25NO2/c1-2-3-4-5-8-13-20-17(19)16-15-10-7-6-9-14(15)11-12-18-16/h6-7,9-10,16,18H,2-5,8,11-13H2,1H3. The van der Waals surface area contributed by atoms with E-state index in [4.69, 9.17) is 4.74 Å². The van der Waals surface area contributed by atoms with Gasteiger partial charge in [-0.2, -0.15) is 0 Å². The molecule has 3 nitrogen and oxygen atoms in total. The first-order chi connectivity index (χ1) is 9.83. The maximum atomic E-state index is 12.2. The number of hydrogen-bond donors (Lipinski definition) is 1. The van der Waals surface area contributed by atoms with Crippen molar-refractivity contribution in [2.24, 2.45) is 0 Å². The SMILES string of the molecule is CCCCCCCOC(=O)C1NCCc2ccccc21. The molecule has 1 aliphatic rings. The van der Waals surface area contributed by atoms with Gasteiger partial charge in [-0.3, -0.25) is 0 Å². The Hall–Kier alpha value is -1.35. The van der Waals surface area contributed by atoms with Gasteiger partial charge in [-0.25, -0.2) is 4.79 Å². The molecule has 0 amide bonds. The van der Waals surface area contributed by atoms with Crippen LogP contribution in [0.3, 0.4) is 0 Å². The summed E-state index contributed by atoms with van der Waals surface area (Å²) in [4.78, 5) is 12.2. The van der Waals surface area contributed by atoms with Gasteiger partial charge >= 0.3 is 5.97 Å². The van der Waals surface area contributed by atoms with Crippen molar-refractivity contribution in [3.05, 3.63) is 35.4 Å². The number of unbranched alkanes of at least 4 members (excludes halogenated alkanes) is 4. The van der Waals surface area contributed by atoms with Crippen LogP contribution in [0.15, 0.2) is 24.3 Å². The Morgan fingerprint density at radius 3 is 2.90 bits per heavy atom. The lowest BCUT2D eigenvalue weighted by Crippen LogP contribution is -2.36. The Morgan fingerprint density at radius 2 is 2.05 bits per heavy atom. The van der Waals surface area contributed by atoms with Gasteiger partial charge in [0.1, 0.15) is 6.04 Å². The highest BCUT2D eigenvalue weighted by Gasteiger charge is 2.26. The zero-order valence-corrected chi connectivity index (χ0v) is 12.4. The van der Waals surface area contributed by atoms with Crippen LogP contribution in [0.1, 0.15) is 56.2 Å². The van der Waals surface area contributed by atoms with Crippen LogP contribution in [0, 0.1) is 0 Å². The minimum atomic E-state index is -0.282. The normalized spacial score (nSPS) is 17.6. The molecular formula is C17H25NO2. The first-order valence-electron chi connectivity index (χ1n) is 7.80. The van der Waals surface area contributed by atoms with E-state index in [0.717, 1.165) is 31.4 Å². The molecule has 3 heteroatoms. The van der Waals surface area contributed by atoms with Crippen LogP contribution in [-0.2, 0) is 16.0 Å². The number of esters is 1. The van der Waals surface area contributed by atoms with Gasteiger partial charge in [0.15, 0.2) is 0 Å². The van der Waals surface area contributed by atoms with Crippen molar-refractivity contribution in [3.8, 4) is 0 Å². The maximum absolute atomic E-state index is 12.2. The molecule has 0 saturated carbocycles. The van der Waals surface area contributed by atoms with Crippen molar-refractivity contribution < 1.29 is 9.53 Å². The molecule has 2 rings (SSSR count). The molecule has 1 aliphatic heterocycles. The van der Waals surface area contributed by atoms with Gasteiger partial charge in [0.25, 0.3) is 0 Å². The molecule has 1 N–H and O–H groups in total. The average Bonchev–Trinajstić information content (AvgIpc) is 2.50. The van der Waals surface area contributed by atoms with Gasteiger partial charge in [-0.05, 0) is 24.0 Å². The molecule has 0 bridgehead atoms. The third-order valence-corrected chi connectivity index (χ3v) is 3.84. The highest BCUT2D eigenvalue weighted by Crippen LogP contribution is 2.23. The van der Waals surface area contributed by atoms with Crippen molar-refractivity contribution in [2.45, 2.75) is 51.5 Å². The molecule has 0 radical (unpaired) electrons. The molecule has 1 aromatic rings. The molecule has 0 spiro atoms. The summed E-state index contributed by atoms with van der Waals surface area (Å²) in [5.41, 5.74) is 2.34. The summed E-state index contributed by atoms with van der Waals surface area (Å²) in [6.07, 6.45) is 6.85. The lowest BCUT2D eigenvalue weighted by molar-refractivity contribution is -0.146. The number of benzene rings is 1. The lowest BCUT2D eigenvalue weighted by atomic mass is 9.94. The van der Waals surface area contributed by atoms with Crippen molar-refractivity contribution >= 4 is 5.97 Å². The number of ether oxygens (including phenoxy) is 1. The second-order valence-electron chi connectivity index (χ2n) is 5.42. The second-order valence-corrected chi connectivity index (χ2v) is 5.42. The maximum Gasteiger partial charge on any atom is 0.327 e. The Kier molecular flexibility index (Phi) is 6.06. The number of fused-ring (bicyclic) bond motifs is 1. The predicted molar refractivity (Wildman–Crippen MR) is 80.6 cm³/mol. The minimum absolute atomic E-state index is 0.132. The molecule has 0 aromatic heterocycles. The third kappa shape index (κ3) is 4.07. The molecule has 20 heavy (non-hydrogen) atoms. The topological polar surface area (TPSA) is 38.3 Å². The summed E-state index contributed by atoms with van der Waals surface area (Å²) in [5, 5.41) is 3.26. The van der Waals surface area contributed by atoms with E-state index in [-0.39, 0.29) is 12.0 Å². The van der Waals surface area contributed by atoms with E-state index < -0.39 is 0 Å². The third-order valence-electron chi connectivity index (χ3n) is 3.84. The summed E-state index contributed by atoms with van der Waals surface area (Å²) >= 11 is 0. The summed E-state index contributed by atoms with van der Waals surface area (Å²) in [6.45, 7) is 3.59. The van der Waals surface area contributed by atoms with Crippen LogP contribution in [0.5, 0.6) is 0 Å². The molecule has 0 saturated heterocycles. The fourth-order valence-corrected chi connectivity index (χ4v) is 2.68. The molecular weight excluding hydrogens is 250 g/mol. The van der Waals surface area contributed by atoms with E-state index in [9.17, 15) is 4.79 Å². The summed E-state index contributed by atoms with van der Waals surface area (Å²) < 4.78 is 5.42. The molecule has 1 heterocycles. The van der Waals surface area contributed by atoms with E-state index in [1.165, 1.54) is 24.8 Å². The van der Waals surface area contributed by atoms with Gasteiger partial charge in [-0.15, -0.1) is 0 Å². The van der Waals surface area contributed by atoms with E-state index >= 15 is 0 Å². The van der Waals surface area contributed by atoms with Crippen LogP contribution >= 0.6 is 0 Å². The van der Waals surface area contributed by atoms with Gasteiger partial charge in [0, 0.05) is 6.54 Å². The Morgan fingerprint density at radius 1 is 1.25 bits per heavy atom. The van der Waals surface area contributed by atoms with Crippen LogP contribution in [0.25, 0.3) is 0 Å². The predicted octanol–water partition coefficient (Wildman–Crippen LogP) is 3.39. The fourth-order valence-electron chi connectivity index (χ4n) is 2.68. The number of nitrogens with one attached hydrogen (secondary N) is 1. The van der Waals surface area contributed by atoms with Crippen LogP contribution in [0.2, 0.25) is 0 Å². The van der Waals surface area contributed by atoms with Crippen LogP contribution < -0.4 is 5.32 Å². The largest absolute Gasteiger partial charge is 0.464 e. The monoisotopic (exact) mass is 275 g/mol. The van der Waals surface area contributed by atoms with Gasteiger partial charge in [0.05, 0.1) is 6.61 Å². The first-order valence-corrected chi connectivity index (χ1v) is 7.80. The number of rotatable bonds is 7. The van der Waals surface area contributed by atoms with Crippen molar-refractivity contribution in [3.63, 3.8) is 0 Å². The van der Waals surface area contributed by atoms with E-state index in [2.05, 4.69) is 18.3 Å². The highest BCUT2D eigenvalue weighted by atomic mass is 16.5. The Labute approximate surface area is 121 Å². The zero-order chi connectivity index (χ0) is 14.2. The molecule has 1 atom stereocenters. The van der Waals surface area contributed by atoms with Crippen molar-refractivity contribution in [2.75, 3.05) is 13.2 Å². The van der Waals surface area contributed by atoms with Crippen LogP contribution in [0.4, 0.5) is 0 Å². The van der Waals surface area contributed by atoms with Gasteiger partial charge < -0.3 is 10.1 Å². The van der Waals surface area contributed by atoms with E-state index in [1.54, 1.807) is 0 Å². The number of carbonyl (C=O) groups is 1. The van der Waals surface area contributed by atoms with Gasteiger partial charge in [0.2, 0.25) is 0 Å². The molecule has 1 unspecified atom stereocenters. The molecule has 1 aromatic carbocycles. The van der Waals surface area contributed by atoms with Gasteiger partial charge in [-0.1, -0.05) is 56.9 Å². The van der Waals surface area contributed by atoms with Crippen molar-refractivity contribution in [1.29, 1.82) is 0 Å². The van der Waals surface area contributed by atoms with E-state index in [0.29, 0.717) is 6.61 Å². The second kappa shape index (κ2) is 8.05. The quantitative estimate of drug-likeness (QED) is 0.612.